The topological polar surface area (TPSA) is 74.3 Å². The van der Waals surface area contributed by atoms with Crippen LogP contribution in [0.5, 0.6) is 0 Å². The van der Waals surface area contributed by atoms with Crippen molar-refractivity contribution in [2.75, 3.05) is 19.6 Å². The molecule has 0 spiro atoms. The molecule has 1 aromatic heterocycles. The molecule has 6 nitrogen and oxygen atoms in total. The average Bonchev–Trinajstić information content (AvgIpc) is 3.52. The SMILES string of the molecule is Cc1nccc(-c2ccccc2)c1C(=O)N1CCNC[C@@H]1C(=O)NC1CC1. The second-order valence-corrected chi connectivity index (χ2v) is 7.19. The molecule has 0 unspecified atom stereocenters. The van der Waals surface area contributed by atoms with Crippen LogP contribution < -0.4 is 10.6 Å². The molecule has 2 aliphatic rings. The van der Waals surface area contributed by atoms with Gasteiger partial charge in [-0.25, -0.2) is 0 Å². The van der Waals surface area contributed by atoms with Crippen molar-refractivity contribution in [2.45, 2.75) is 31.8 Å². The summed E-state index contributed by atoms with van der Waals surface area (Å²) < 4.78 is 0. The maximum absolute atomic E-state index is 13.5. The van der Waals surface area contributed by atoms with E-state index in [0.717, 1.165) is 24.0 Å². The van der Waals surface area contributed by atoms with Crippen molar-refractivity contribution in [2.24, 2.45) is 0 Å². The summed E-state index contributed by atoms with van der Waals surface area (Å²) in [6, 6.07) is 11.5. The van der Waals surface area contributed by atoms with E-state index >= 15 is 0 Å². The monoisotopic (exact) mass is 364 g/mol. The Bertz CT molecular complexity index is 849. The number of nitrogens with zero attached hydrogens (tertiary/aromatic N) is 2. The zero-order valence-electron chi connectivity index (χ0n) is 15.4. The fourth-order valence-corrected chi connectivity index (χ4v) is 3.54. The summed E-state index contributed by atoms with van der Waals surface area (Å²) in [5.74, 6) is -0.197. The zero-order chi connectivity index (χ0) is 18.8. The molecule has 27 heavy (non-hydrogen) atoms. The zero-order valence-corrected chi connectivity index (χ0v) is 15.4. The Kier molecular flexibility index (Phi) is 4.90. The molecule has 1 aromatic carbocycles. The quantitative estimate of drug-likeness (QED) is 0.867. The Morgan fingerprint density at radius 2 is 1.96 bits per heavy atom. The van der Waals surface area contributed by atoms with Crippen LogP contribution in [0.25, 0.3) is 11.1 Å². The first kappa shape index (κ1) is 17.7. The normalized spacial score (nSPS) is 19.6. The molecular weight excluding hydrogens is 340 g/mol. The smallest absolute Gasteiger partial charge is 0.257 e. The van der Waals surface area contributed by atoms with Gasteiger partial charge < -0.3 is 15.5 Å². The van der Waals surface area contributed by atoms with Crippen molar-refractivity contribution in [3.63, 3.8) is 0 Å². The highest BCUT2D eigenvalue weighted by Crippen LogP contribution is 2.27. The van der Waals surface area contributed by atoms with Crippen LogP contribution in [0.2, 0.25) is 0 Å². The predicted molar refractivity (Wildman–Crippen MR) is 103 cm³/mol. The Hall–Kier alpha value is -2.73. The van der Waals surface area contributed by atoms with Crippen LogP contribution in [0.4, 0.5) is 0 Å². The molecule has 0 bridgehead atoms. The van der Waals surface area contributed by atoms with Crippen LogP contribution in [0.3, 0.4) is 0 Å². The van der Waals surface area contributed by atoms with Gasteiger partial charge in [0.05, 0.1) is 11.3 Å². The van der Waals surface area contributed by atoms with Gasteiger partial charge in [-0.15, -0.1) is 0 Å². The first-order valence-electron chi connectivity index (χ1n) is 9.48. The minimum atomic E-state index is -0.491. The summed E-state index contributed by atoms with van der Waals surface area (Å²) in [4.78, 5) is 32.2. The Morgan fingerprint density at radius 3 is 2.70 bits per heavy atom. The Morgan fingerprint density at radius 1 is 1.19 bits per heavy atom. The van der Waals surface area contributed by atoms with E-state index in [1.54, 1.807) is 11.1 Å². The standard InChI is InChI=1S/C21H24N4O2/c1-14-19(17(9-10-23-14)15-5-3-2-4-6-15)21(27)25-12-11-22-13-18(25)20(26)24-16-7-8-16/h2-6,9-10,16,18,22H,7-8,11-13H2,1H3,(H,24,26)/t18-/m1/s1. The van der Waals surface area contributed by atoms with Crippen LogP contribution in [-0.4, -0.2) is 53.4 Å². The number of aryl methyl sites for hydroxylation is 1. The molecule has 1 saturated heterocycles. The van der Waals surface area contributed by atoms with E-state index in [1.807, 2.05) is 43.3 Å². The summed E-state index contributed by atoms with van der Waals surface area (Å²) in [7, 11) is 0. The molecule has 2 heterocycles. The highest BCUT2D eigenvalue weighted by Gasteiger charge is 2.36. The van der Waals surface area contributed by atoms with E-state index in [4.69, 9.17) is 0 Å². The lowest BCUT2D eigenvalue weighted by Gasteiger charge is -2.35. The number of hydrogen-bond acceptors (Lipinski definition) is 4. The van der Waals surface area contributed by atoms with Crippen LogP contribution in [0, 0.1) is 6.92 Å². The Labute approximate surface area is 159 Å². The van der Waals surface area contributed by atoms with E-state index in [9.17, 15) is 9.59 Å². The van der Waals surface area contributed by atoms with Crippen molar-refractivity contribution in [3.05, 3.63) is 53.9 Å². The molecule has 1 aliphatic heterocycles. The average molecular weight is 364 g/mol. The molecular formula is C21H24N4O2. The molecule has 6 heteroatoms. The van der Waals surface area contributed by atoms with Crippen molar-refractivity contribution in [3.8, 4) is 11.1 Å². The molecule has 1 atom stereocenters. The van der Waals surface area contributed by atoms with E-state index in [-0.39, 0.29) is 17.9 Å². The number of rotatable bonds is 4. The largest absolute Gasteiger partial charge is 0.352 e. The van der Waals surface area contributed by atoms with Crippen molar-refractivity contribution < 1.29 is 9.59 Å². The Balaban J connectivity index is 1.67. The van der Waals surface area contributed by atoms with E-state index < -0.39 is 6.04 Å². The van der Waals surface area contributed by atoms with Gasteiger partial charge in [-0.1, -0.05) is 30.3 Å². The fourth-order valence-electron chi connectivity index (χ4n) is 3.54. The molecule has 2 fully saturated rings. The minimum Gasteiger partial charge on any atom is -0.352 e. The first-order chi connectivity index (χ1) is 13.1. The fraction of sp³-hybridized carbons (Fsp3) is 0.381. The van der Waals surface area contributed by atoms with Crippen molar-refractivity contribution in [1.82, 2.24) is 20.5 Å². The van der Waals surface area contributed by atoms with E-state index in [0.29, 0.717) is 30.9 Å². The highest BCUT2D eigenvalue weighted by molar-refractivity contribution is 6.03. The van der Waals surface area contributed by atoms with Crippen LogP contribution in [0.1, 0.15) is 28.9 Å². The maximum atomic E-state index is 13.5. The molecule has 2 amide bonds. The second-order valence-electron chi connectivity index (χ2n) is 7.19. The van der Waals surface area contributed by atoms with Gasteiger partial charge >= 0.3 is 0 Å². The molecule has 1 saturated carbocycles. The van der Waals surface area contributed by atoms with Crippen LogP contribution >= 0.6 is 0 Å². The molecule has 1 aliphatic carbocycles. The number of carbonyl (C=O) groups is 2. The number of piperazine rings is 1. The third-order valence-electron chi connectivity index (χ3n) is 5.17. The third-order valence-corrected chi connectivity index (χ3v) is 5.17. The molecule has 4 rings (SSSR count). The number of carbonyl (C=O) groups excluding carboxylic acids is 2. The first-order valence-corrected chi connectivity index (χ1v) is 9.48. The lowest BCUT2D eigenvalue weighted by Crippen LogP contribution is -2.60. The van der Waals surface area contributed by atoms with Gasteiger partial charge in [0.2, 0.25) is 5.91 Å². The van der Waals surface area contributed by atoms with Crippen molar-refractivity contribution >= 4 is 11.8 Å². The number of hydrogen-bond donors (Lipinski definition) is 2. The van der Waals surface area contributed by atoms with Gasteiger partial charge in [-0.05, 0) is 37.0 Å². The summed E-state index contributed by atoms with van der Waals surface area (Å²) in [5.41, 5.74) is 3.09. The second kappa shape index (κ2) is 7.48. The van der Waals surface area contributed by atoms with Gasteiger partial charge in [0, 0.05) is 31.9 Å². The number of nitrogens with one attached hydrogen (secondary N) is 2. The lowest BCUT2D eigenvalue weighted by atomic mass is 9.97. The molecule has 140 valence electrons. The molecule has 2 N–H and O–H groups in total. The van der Waals surface area contributed by atoms with Crippen molar-refractivity contribution in [1.29, 1.82) is 0 Å². The predicted octanol–water partition coefficient (Wildman–Crippen LogP) is 1.75. The van der Waals surface area contributed by atoms with E-state index in [1.165, 1.54) is 0 Å². The highest BCUT2D eigenvalue weighted by atomic mass is 16.2. The minimum absolute atomic E-state index is 0.0687. The summed E-state index contributed by atoms with van der Waals surface area (Å²) in [5, 5.41) is 6.27. The van der Waals surface area contributed by atoms with Gasteiger partial charge in [-0.2, -0.15) is 0 Å². The van der Waals surface area contributed by atoms with Gasteiger partial charge in [0.25, 0.3) is 5.91 Å². The number of aromatic nitrogens is 1. The number of amides is 2. The number of pyridine rings is 1. The van der Waals surface area contributed by atoms with Gasteiger partial charge in [-0.3, -0.25) is 14.6 Å². The summed E-state index contributed by atoms with van der Waals surface area (Å²) >= 11 is 0. The third kappa shape index (κ3) is 3.71. The van der Waals surface area contributed by atoms with Gasteiger partial charge in [0.15, 0.2) is 0 Å². The van der Waals surface area contributed by atoms with E-state index in [2.05, 4.69) is 15.6 Å². The van der Waals surface area contributed by atoms with Crippen LogP contribution in [-0.2, 0) is 4.79 Å². The lowest BCUT2D eigenvalue weighted by molar-refractivity contribution is -0.126. The summed E-state index contributed by atoms with van der Waals surface area (Å²) in [6.07, 6.45) is 3.78. The summed E-state index contributed by atoms with van der Waals surface area (Å²) in [6.45, 7) is 3.51. The van der Waals surface area contributed by atoms with Gasteiger partial charge in [0.1, 0.15) is 6.04 Å². The molecule has 0 radical (unpaired) electrons. The molecule has 2 aromatic rings. The maximum Gasteiger partial charge on any atom is 0.257 e. The van der Waals surface area contributed by atoms with Crippen LogP contribution in [0.15, 0.2) is 42.6 Å². The number of benzene rings is 1.